The third kappa shape index (κ3) is 2.96. The highest BCUT2D eigenvalue weighted by molar-refractivity contribution is 5.54. The zero-order valence-electron chi connectivity index (χ0n) is 12.0. The molecule has 108 valence electrons. The van der Waals surface area contributed by atoms with Crippen LogP contribution < -0.4 is 4.74 Å². The van der Waals surface area contributed by atoms with Crippen LogP contribution >= 0.6 is 0 Å². The molecule has 0 N–H and O–H groups in total. The van der Waals surface area contributed by atoms with Crippen LogP contribution in [-0.4, -0.2) is 10.1 Å². The lowest BCUT2D eigenvalue weighted by Crippen LogP contribution is -1.97. The second-order valence-corrected chi connectivity index (χ2v) is 4.77. The first kappa shape index (κ1) is 13.8. The first-order chi connectivity index (χ1) is 10.8. The highest BCUT2D eigenvalue weighted by Gasteiger charge is 2.10. The van der Waals surface area contributed by atoms with Crippen molar-refractivity contribution in [1.29, 1.82) is 5.26 Å². The quantitative estimate of drug-likeness (QED) is 0.735. The normalized spacial score (nSPS) is 10.2. The van der Waals surface area contributed by atoms with Gasteiger partial charge in [-0.15, -0.1) is 0 Å². The van der Waals surface area contributed by atoms with Crippen molar-refractivity contribution >= 4 is 0 Å². The molecule has 1 heterocycles. The predicted octanol–water partition coefficient (Wildman–Crippen LogP) is 3.50. The Morgan fingerprint density at radius 1 is 1.14 bits per heavy atom. The summed E-state index contributed by atoms with van der Waals surface area (Å²) in [4.78, 5) is 4.30. The summed E-state index contributed by atoms with van der Waals surface area (Å²) in [7, 11) is 0. The second kappa shape index (κ2) is 6.10. The number of hydrogen-bond donors (Lipinski definition) is 0. The Morgan fingerprint density at radius 2 is 1.91 bits per heavy atom. The number of nitrogens with zero attached hydrogens (tertiary/aromatic N) is 3. The first-order valence-corrected chi connectivity index (χ1v) is 6.78. The Hall–Kier alpha value is -3.13. The van der Waals surface area contributed by atoms with Crippen LogP contribution in [0, 0.1) is 18.3 Å². The average molecular weight is 291 g/mol. The van der Waals surface area contributed by atoms with Gasteiger partial charge in [-0.25, -0.2) is 0 Å². The number of para-hydroxylation sites is 1. The molecule has 22 heavy (non-hydrogen) atoms. The van der Waals surface area contributed by atoms with Crippen LogP contribution in [0.5, 0.6) is 5.75 Å². The molecule has 3 rings (SSSR count). The molecule has 3 aromatic rings. The van der Waals surface area contributed by atoms with E-state index in [1.54, 1.807) is 18.2 Å². The maximum atomic E-state index is 9.01. The molecular formula is C17H13N3O2. The van der Waals surface area contributed by atoms with Gasteiger partial charge in [0, 0.05) is 5.56 Å². The van der Waals surface area contributed by atoms with E-state index in [0.29, 0.717) is 23.0 Å². The van der Waals surface area contributed by atoms with Crippen molar-refractivity contribution in [3.8, 4) is 23.2 Å². The summed E-state index contributed by atoms with van der Waals surface area (Å²) in [6.07, 6.45) is 0. The summed E-state index contributed by atoms with van der Waals surface area (Å²) < 4.78 is 10.7. The molecule has 0 unspecified atom stereocenters. The molecule has 0 saturated heterocycles. The van der Waals surface area contributed by atoms with Crippen molar-refractivity contribution < 1.29 is 9.26 Å². The molecular weight excluding hydrogens is 278 g/mol. The Kier molecular flexibility index (Phi) is 3.84. The highest BCUT2D eigenvalue weighted by atomic mass is 16.5. The van der Waals surface area contributed by atoms with Gasteiger partial charge in [0.1, 0.15) is 11.8 Å². The molecule has 5 heteroatoms. The topological polar surface area (TPSA) is 71.9 Å². The molecule has 0 atom stereocenters. The van der Waals surface area contributed by atoms with Crippen LogP contribution in [0.25, 0.3) is 11.4 Å². The first-order valence-electron chi connectivity index (χ1n) is 6.78. The molecule has 0 radical (unpaired) electrons. The number of hydrogen-bond acceptors (Lipinski definition) is 5. The number of rotatable bonds is 4. The third-order valence-corrected chi connectivity index (χ3v) is 3.14. The van der Waals surface area contributed by atoms with Crippen molar-refractivity contribution in [3.63, 3.8) is 0 Å². The smallest absolute Gasteiger partial charge is 0.264 e. The number of benzene rings is 2. The number of ether oxygens (including phenoxy) is 1. The summed E-state index contributed by atoms with van der Waals surface area (Å²) in [6, 6.07) is 17.0. The fourth-order valence-corrected chi connectivity index (χ4v) is 1.96. The van der Waals surface area contributed by atoms with Gasteiger partial charge in [-0.2, -0.15) is 10.2 Å². The van der Waals surface area contributed by atoms with E-state index in [9.17, 15) is 0 Å². The van der Waals surface area contributed by atoms with Gasteiger partial charge in [0.05, 0.1) is 5.56 Å². The zero-order valence-corrected chi connectivity index (χ0v) is 12.0. The largest absolute Gasteiger partial charge is 0.482 e. The predicted molar refractivity (Wildman–Crippen MR) is 80.0 cm³/mol. The van der Waals surface area contributed by atoms with Gasteiger partial charge in [-0.3, -0.25) is 0 Å². The van der Waals surface area contributed by atoms with Crippen LogP contribution in [0.3, 0.4) is 0 Å². The molecule has 5 nitrogen and oxygen atoms in total. The lowest BCUT2D eigenvalue weighted by atomic mass is 10.1. The molecule has 0 aliphatic rings. The Balaban J connectivity index is 1.72. The van der Waals surface area contributed by atoms with Gasteiger partial charge >= 0.3 is 0 Å². The standard InChI is InChI=1S/C17H13N3O2/c1-12-6-8-13(9-7-12)17-19-16(22-20-17)11-21-15-5-3-2-4-14(15)10-18/h2-9H,11H2,1H3. The molecule has 0 bridgehead atoms. The minimum absolute atomic E-state index is 0.123. The van der Waals surface area contributed by atoms with E-state index in [2.05, 4.69) is 16.2 Å². The Bertz CT molecular complexity index is 816. The molecule has 1 aromatic heterocycles. The Morgan fingerprint density at radius 3 is 2.68 bits per heavy atom. The molecule has 0 saturated carbocycles. The van der Waals surface area contributed by atoms with Crippen LogP contribution in [0.1, 0.15) is 17.0 Å². The second-order valence-electron chi connectivity index (χ2n) is 4.77. The van der Waals surface area contributed by atoms with Gasteiger partial charge in [-0.1, -0.05) is 47.1 Å². The van der Waals surface area contributed by atoms with Gasteiger partial charge in [0.25, 0.3) is 5.89 Å². The van der Waals surface area contributed by atoms with Crippen molar-refractivity contribution in [1.82, 2.24) is 10.1 Å². The fraction of sp³-hybridized carbons (Fsp3) is 0.118. The molecule has 0 spiro atoms. The van der Waals surface area contributed by atoms with Crippen molar-refractivity contribution in [2.24, 2.45) is 0 Å². The van der Waals surface area contributed by atoms with E-state index in [0.717, 1.165) is 5.56 Å². The summed E-state index contributed by atoms with van der Waals surface area (Å²) in [5, 5.41) is 12.9. The van der Waals surface area contributed by atoms with Gasteiger partial charge in [0.15, 0.2) is 6.61 Å². The fourth-order valence-electron chi connectivity index (χ4n) is 1.96. The Labute approximate surface area is 127 Å². The van der Waals surface area contributed by atoms with Crippen LogP contribution in [-0.2, 0) is 6.61 Å². The van der Waals surface area contributed by atoms with Gasteiger partial charge in [-0.05, 0) is 19.1 Å². The highest BCUT2D eigenvalue weighted by Crippen LogP contribution is 2.19. The minimum Gasteiger partial charge on any atom is -0.482 e. The summed E-state index contributed by atoms with van der Waals surface area (Å²) >= 11 is 0. The minimum atomic E-state index is 0.123. The van der Waals surface area contributed by atoms with Crippen LogP contribution in [0.15, 0.2) is 53.1 Å². The summed E-state index contributed by atoms with van der Waals surface area (Å²) in [5.41, 5.74) is 2.53. The van der Waals surface area contributed by atoms with Crippen LogP contribution in [0.4, 0.5) is 0 Å². The van der Waals surface area contributed by atoms with Crippen LogP contribution in [0.2, 0.25) is 0 Å². The van der Waals surface area contributed by atoms with E-state index >= 15 is 0 Å². The molecule has 0 aliphatic carbocycles. The monoisotopic (exact) mass is 291 g/mol. The van der Waals surface area contributed by atoms with E-state index in [1.165, 1.54) is 5.56 Å². The average Bonchev–Trinajstić information content (AvgIpc) is 3.03. The third-order valence-electron chi connectivity index (χ3n) is 3.14. The maximum Gasteiger partial charge on any atom is 0.264 e. The lowest BCUT2D eigenvalue weighted by Gasteiger charge is -2.03. The molecule has 2 aromatic carbocycles. The SMILES string of the molecule is Cc1ccc(-c2noc(COc3ccccc3C#N)n2)cc1. The summed E-state index contributed by atoms with van der Waals surface area (Å²) in [6.45, 7) is 2.14. The molecule has 0 fully saturated rings. The van der Waals surface area contributed by atoms with E-state index in [-0.39, 0.29) is 6.61 Å². The van der Waals surface area contributed by atoms with Crippen molar-refractivity contribution in [3.05, 3.63) is 65.5 Å². The molecule has 0 aliphatic heterocycles. The zero-order chi connectivity index (χ0) is 15.4. The van der Waals surface area contributed by atoms with E-state index < -0.39 is 0 Å². The summed E-state index contributed by atoms with van der Waals surface area (Å²) in [5.74, 6) is 1.38. The number of nitriles is 1. The van der Waals surface area contributed by atoms with E-state index in [4.69, 9.17) is 14.5 Å². The van der Waals surface area contributed by atoms with Crippen molar-refractivity contribution in [2.75, 3.05) is 0 Å². The number of aryl methyl sites for hydroxylation is 1. The number of aromatic nitrogens is 2. The van der Waals surface area contributed by atoms with Gasteiger partial charge in [0.2, 0.25) is 5.82 Å². The lowest BCUT2D eigenvalue weighted by molar-refractivity contribution is 0.242. The molecule has 0 amide bonds. The van der Waals surface area contributed by atoms with Gasteiger partial charge < -0.3 is 9.26 Å². The van der Waals surface area contributed by atoms with Crippen molar-refractivity contribution in [2.45, 2.75) is 13.5 Å². The maximum absolute atomic E-state index is 9.01. The van der Waals surface area contributed by atoms with E-state index in [1.807, 2.05) is 37.3 Å².